The lowest BCUT2D eigenvalue weighted by atomic mass is 10.1. The van der Waals surface area contributed by atoms with Gasteiger partial charge in [0.15, 0.2) is 23.1 Å². The predicted octanol–water partition coefficient (Wildman–Crippen LogP) is 4.57. The number of carbonyl (C=O) groups excluding carboxylic acids is 1. The van der Waals surface area contributed by atoms with Gasteiger partial charge in [-0.05, 0) is 17.7 Å². The van der Waals surface area contributed by atoms with E-state index in [9.17, 15) is 4.79 Å². The topological polar surface area (TPSA) is 100 Å². The molecule has 0 bridgehead atoms. The molecule has 0 fully saturated rings. The molecule has 0 saturated carbocycles. The maximum Gasteiger partial charge on any atom is 0.329 e. The molecule has 1 aromatic heterocycles. The van der Waals surface area contributed by atoms with Gasteiger partial charge in [0.25, 0.3) is 0 Å². The van der Waals surface area contributed by atoms with E-state index in [0.717, 1.165) is 28.5 Å². The summed E-state index contributed by atoms with van der Waals surface area (Å²) in [5.74, 6) is -1.45. The summed E-state index contributed by atoms with van der Waals surface area (Å²) in [5, 5.41) is 11.2. The van der Waals surface area contributed by atoms with Gasteiger partial charge in [0.2, 0.25) is 0 Å². The van der Waals surface area contributed by atoms with Crippen LogP contribution in [0.25, 0.3) is 0 Å². The van der Waals surface area contributed by atoms with Crippen molar-refractivity contribution in [1.82, 2.24) is 4.98 Å². The highest BCUT2D eigenvalue weighted by molar-refractivity contribution is 6.10. The van der Waals surface area contributed by atoms with Crippen LogP contribution < -0.4 is 29.3 Å². The summed E-state index contributed by atoms with van der Waals surface area (Å²) in [7, 11) is 5.54. The molecular weight excluding hydrogens is 472 g/mol. The van der Waals surface area contributed by atoms with Crippen LogP contribution in [-0.4, -0.2) is 45.6 Å². The lowest BCUT2D eigenvalue weighted by Gasteiger charge is -2.36. The molecule has 0 aliphatic carbocycles. The number of urea groups is 1. The predicted molar refractivity (Wildman–Crippen MR) is 132 cm³/mol. The summed E-state index contributed by atoms with van der Waals surface area (Å²) in [6.07, 6.45) is 2.61. The number of fused-ring (bicyclic) bond motifs is 1. The largest absolute Gasteiger partial charge is 0.497 e. The fourth-order valence-corrected chi connectivity index (χ4v) is 4.08. The molecule has 188 valence electrons. The SMILES string of the molecule is COc1ccc(CNc2ncc3c(c2C=N)N(C)C(=O)N(c2c(F)c(OC)cc(OC)c2F)C3)cc1. The van der Waals surface area contributed by atoms with Crippen LogP contribution in [0.2, 0.25) is 0 Å². The van der Waals surface area contributed by atoms with E-state index >= 15 is 8.78 Å². The molecule has 36 heavy (non-hydrogen) atoms. The van der Waals surface area contributed by atoms with Gasteiger partial charge in [-0.1, -0.05) is 12.1 Å². The van der Waals surface area contributed by atoms with Gasteiger partial charge in [-0.2, -0.15) is 0 Å². The fraction of sp³-hybridized carbons (Fsp3) is 0.240. The number of hydrogen-bond acceptors (Lipinski definition) is 7. The van der Waals surface area contributed by atoms with Gasteiger partial charge < -0.3 is 24.9 Å². The number of nitrogens with one attached hydrogen (secondary N) is 2. The van der Waals surface area contributed by atoms with E-state index in [1.54, 1.807) is 7.11 Å². The number of anilines is 3. The third-order valence-corrected chi connectivity index (χ3v) is 5.93. The van der Waals surface area contributed by atoms with E-state index in [1.807, 2.05) is 24.3 Å². The highest BCUT2D eigenvalue weighted by atomic mass is 19.1. The Morgan fingerprint density at radius 1 is 1.06 bits per heavy atom. The molecule has 2 heterocycles. The fourth-order valence-electron chi connectivity index (χ4n) is 4.08. The van der Waals surface area contributed by atoms with Crippen LogP contribution in [0, 0.1) is 17.0 Å². The van der Waals surface area contributed by atoms with Crippen LogP contribution in [-0.2, 0) is 13.1 Å². The van der Waals surface area contributed by atoms with Gasteiger partial charge in [0.05, 0.1) is 39.1 Å². The first kappa shape index (κ1) is 24.7. The summed E-state index contributed by atoms with van der Waals surface area (Å²) in [4.78, 5) is 19.9. The molecule has 2 aromatic carbocycles. The molecule has 11 heteroatoms. The van der Waals surface area contributed by atoms with Crippen LogP contribution in [0.5, 0.6) is 17.2 Å². The average molecular weight is 498 g/mol. The van der Waals surface area contributed by atoms with Crippen LogP contribution in [0.4, 0.5) is 30.8 Å². The number of carbonyl (C=O) groups is 1. The molecule has 0 spiro atoms. The zero-order valence-electron chi connectivity index (χ0n) is 20.2. The van der Waals surface area contributed by atoms with Crippen molar-refractivity contribution in [1.29, 1.82) is 5.41 Å². The lowest BCUT2D eigenvalue weighted by Crippen LogP contribution is -2.46. The van der Waals surface area contributed by atoms with E-state index < -0.39 is 23.4 Å². The Morgan fingerprint density at radius 3 is 2.25 bits per heavy atom. The van der Waals surface area contributed by atoms with Gasteiger partial charge in [-0.25, -0.2) is 18.6 Å². The number of hydrogen-bond donors (Lipinski definition) is 2. The Balaban J connectivity index is 1.70. The second-order valence-electron chi connectivity index (χ2n) is 7.93. The van der Waals surface area contributed by atoms with Crippen molar-refractivity contribution < 1.29 is 27.8 Å². The van der Waals surface area contributed by atoms with Crippen molar-refractivity contribution in [3.8, 4) is 17.2 Å². The van der Waals surface area contributed by atoms with Crippen LogP contribution in [0.3, 0.4) is 0 Å². The molecule has 4 rings (SSSR count). The molecule has 0 atom stereocenters. The van der Waals surface area contributed by atoms with Gasteiger partial charge >= 0.3 is 6.03 Å². The number of methoxy groups -OCH3 is 3. The van der Waals surface area contributed by atoms with Crippen molar-refractivity contribution in [3.05, 3.63) is 64.9 Å². The number of ether oxygens (including phenoxy) is 3. The maximum absolute atomic E-state index is 15.1. The summed E-state index contributed by atoms with van der Waals surface area (Å²) in [5.41, 5.74) is 1.67. The van der Waals surface area contributed by atoms with Gasteiger partial charge in [0, 0.05) is 37.6 Å². The highest BCUT2D eigenvalue weighted by Gasteiger charge is 2.36. The minimum absolute atomic E-state index is 0.171. The number of aromatic nitrogens is 1. The van der Waals surface area contributed by atoms with E-state index in [4.69, 9.17) is 19.6 Å². The normalized spacial score (nSPS) is 12.8. The number of pyridine rings is 1. The summed E-state index contributed by atoms with van der Waals surface area (Å²) in [6, 6.07) is 7.85. The first-order chi connectivity index (χ1) is 17.3. The Morgan fingerprint density at radius 2 is 1.69 bits per heavy atom. The van der Waals surface area contributed by atoms with E-state index in [2.05, 4.69) is 10.3 Å². The molecule has 9 nitrogen and oxygen atoms in total. The molecule has 0 radical (unpaired) electrons. The molecule has 1 aliphatic heterocycles. The van der Waals surface area contributed by atoms with Gasteiger partial charge in [-0.3, -0.25) is 9.80 Å². The molecule has 0 unspecified atom stereocenters. The standard InChI is InChI=1S/C25H25F2N5O4/c1-31-22-15(12-30-24(17(22)10-28)29-11-14-5-7-16(34-2)8-6-14)13-32(25(31)33)23-20(26)18(35-3)9-19(36-4)21(23)27/h5-10,12,28H,11,13H2,1-4H3,(H,29,30). The van der Waals surface area contributed by atoms with Crippen LogP contribution >= 0.6 is 0 Å². The number of amides is 2. The first-order valence-electron chi connectivity index (χ1n) is 10.9. The molecule has 2 N–H and O–H groups in total. The van der Waals surface area contributed by atoms with Crippen molar-refractivity contribution >= 4 is 29.4 Å². The Kier molecular flexibility index (Phi) is 6.91. The highest BCUT2D eigenvalue weighted by Crippen LogP contribution is 2.41. The Hall–Kier alpha value is -4.41. The van der Waals surface area contributed by atoms with Crippen molar-refractivity contribution in [2.45, 2.75) is 13.1 Å². The number of nitrogens with zero attached hydrogens (tertiary/aromatic N) is 3. The summed E-state index contributed by atoms with van der Waals surface area (Å²) < 4.78 is 45.4. The number of halogens is 2. The molecule has 3 aromatic rings. The third-order valence-electron chi connectivity index (χ3n) is 5.93. The zero-order chi connectivity index (χ0) is 26.0. The monoisotopic (exact) mass is 497 g/mol. The van der Waals surface area contributed by atoms with E-state index in [1.165, 1.54) is 32.4 Å². The van der Waals surface area contributed by atoms with Gasteiger partial charge in [0.1, 0.15) is 17.3 Å². The molecule has 2 amide bonds. The average Bonchev–Trinajstić information content (AvgIpc) is 2.90. The Bertz CT molecular complexity index is 1290. The second-order valence-corrected chi connectivity index (χ2v) is 7.93. The van der Waals surface area contributed by atoms with Crippen LogP contribution in [0.15, 0.2) is 36.5 Å². The molecule has 1 aliphatic rings. The summed E-state index contributed by atoms with van der Waals surface area (Å²) in [6.45, 7) is 0.246. The second kappa shape index (κ2) is 10.1. The number of benzene rings is 2. The van der Waals surface area contributed by atoms with Crippen LogP contribution in [0.1, 0.15) is 16.7 Å². The van der Waals surface area contributed by atoms with E-state index in [0.29, 0.717) is 29.2 Å². The Labute approximate surface area is 206 Å². The van der Waals surface area contributed by atoms with Crippen molar-refractivity contribution in [3.63, 3.8) is 0 Å². The summed E-state index contributed by atoms with van der Waals surface area (Å²) >= 11 is 0. The number of rotatable bonds is 8. The lowest BCUT2D eigenvalue weighted by molar-refractivity contribution is 0.250. The minimum atomic E-state index is -1.03. The van der Waals surface area contributed by atoms with Gasteiger partial charge in [-0.15, -0.1) is 0 Å². The quantitative estimate of drug-likeness (QED) is 0.442. The molecular formula is C25H25F2N5O4. The molecule has 0 saturated heterocycles. The van der Waals surface area contributed by atoms with E-state index in [-0.39, 0.29) is 18.0 Å². The van der Waals surface area contributed by atoms with Crippen molar-refractivity contribution in [2.75, 3.05) is 43.5 Å². The smallest absolute Gasteiger partial charge is 0.329 e. The first-order valence-corrected chi connectivity index (χ1v) is 10.9. The maximum atomic E-state index is 15.1. The van der Waals surface area contributed by atoms with Crippen molar-refractivity contribution in [2.24, 2.45) is 0 Å². The minimum Gasteiger partial charge on any atom is -0.497 e. The zero-order valence-corrected chi connectivity index (χ0v) is 20.2. The third kappa shape index (κ3) is 4.23.